The van der Waals surface area contributed by atoms with Crippen LogP contribution in [0.3, 0.4) is 0 Å². The molecule has 0 aliphatic carbocycles. The molecule has 4 nitrogen and oxygen atoms in total. The average molecular weight is 246 g/mol. The molecule has 0 spiro atoms. The normalized spacial score (nSPS) is 9.33. The summed E-state index contributed by atoms with van der Waals surface area (Å²) < 4.78 is 0. The van der Waals surface area contributed by atoms with E-state index in [0.717, 1.165) is 16.8 Å². The van der Waals surface area contributed by atoms with Crippen molar-refractivity contribution in [3.05, 3.63) is 29.3 Å². The standard InChI is InChI=1S/C14H18N2O2/c1-11-10-12(6-4-5-9-17)7-8-13(11)15-14(18)16(2)3/h7-8,10,17H,5,9H2,1-3H3,(H,15,18). The van der Waals surface area contributed by atoms with E-state index in [1.807, 2.05) is 25.1 Å². The molecule has 0 unspecified atom stereocenters. The van der Waals surface area contributed by atoms with Crippen LogP contribution < -0.4 is 5.32 Å². The van der Waals surface area contributed by atoms with Gasteiger partial charge in [-0.15, -0.1) is 0 Å². The molecule has 0 saturated carbocycles. The minimum absolute atomic E-state index is 0.0724. The number of nitrogens with zero attached hydrogens (tertiary/aromatic N) is 1. The highest BCUT2D eigenvalue weighted by Crippen LogP contribution is 2.16. The number of benzene rings is 1. The molecule has 4 heteroatoms. The molecule has 18 heavy (non-hydrogen) atoms. The molecule has 96 valence electrons. The summed E-state index contributed by atoms with van der Waals surface area (Å²) in [5.41, 5.74) is 2.62. The Bertz CT molecular complexity index is 484. The minimum Gasteiger partial charge on any atom is -0.395 e. The van der Waals surface area contributed by atoms with Gasteiger partial charge in [-0.3, -0.25) is 0 Å². The first-order valence-corrected chi connectivity index (χ1v) is 5.73. The number of rotatable bonds is 2. The lowest BCUT2D eigenvalue weighted by molar-refractivity contribution is 0.230. The Balaban J connectivity index is 2.81. The first kappa shape index (κ1) is 14.1. The van der Waals surface area contributed by atoms with Crippen LogP contribution in [0.25, 0.3) is 0 Å². The van der Waals surface area contributed by atoms with E-state index in [1.54, 1.807) is 14.1 Å². The predicted octanol–water partition coefficient (Wildman–Crippen LogP) is 1.82. The molecule has 2 N–H and O–H groups in total. The molecule has 0 aliphatic heterocycles. The Labute approximate surface area is 108 Å². The molecule has 0 radical (unpaired) electrons. The van der Waals surface area contributed by atoms with E-state index in [-0.39, 0.29) is 12.6 Å². The van der Waals surface area contributed by atoms with Gasteiger partial charge in [-0.2, -0.15) is 0 Å². The van der Waals surface area contributed by atoms with E-state index < -0.39 is 0 Å². The lowest BCUT2D eigenvalue weighted by Gasteiger charge is -2.13. The van der Waals surface area contributed by atoms with E-state index in [0.29, 0.717) is 6.42 Å². The number of hydrogen-bond donors (Lipinski definition) is 2. The van der Waals surface area contributed by atoms with Crippen LogP contribution in [0.1, 0.15) is 17.5 Å². The number of urea groups is 1. The van der Waals surface area contributed by atoms with Crippen molar-refractivity contribution in [1.29, 1.82) is 0 Å². The van der Waals surface area contributed by atoms with Crippen LogP contribution in [0.4, 0.5) is 10.5 Å². The van der Waals surface area contributed by atoms with Gasteiger partial charge in [-0.25, -0.2) is 4.79 Å². The van der Waals surface area contributed by atoms with Crippen molar-refractivity contribution in [2.45, 2.75) is 13.3 Å². The second-order valence-electron chi connectivity index (χ2n) is 4.13. The number of carbonyl (C=O) groups excluding carboxylic acids is 1. The second-order valence-corrected chi connectivity index (χ2v) is 4.13. The van der Waals surface area contributed by atoms with Gasteiger partial charge in [-0.1, -0.05) is 11.8 Å². The first-order valence-electron chi connectivity index (χ1n) is 5.73. The fourth-order valence-electron chi connectivity index (χ4n) is 1.33. The molecule has 0 fully saturated rings. The molecule has 1 rings (SSSR count). The van der Waals surface area contributed by atoms with Crippen LogP contribution in [0.5, 0.6) is 0 Å². The van der Waals surface area contributed by atoms with Gasteiger partial charge in [0.15, 0.2) is 0 Å². The maximum Gasteiger partial charge on any atom is 0.321 e. The summed E-state index contributed by atoms with van der Waals surface area (Å²) in [6.07, 6.45) is 0.470. The summed E-state index contributed by atoms with van der Waals surface area (Å²) >= 11 is 0. The molecule has 0 aliphatic rings. The summed E-state index contributed by atoms with van der Waals surface area (Å²) in [4.78, 5) is 13.0. The predicted molar refractivity (Wildman–Crippen MR) is 72.5 cm³/mol. The van der Waals surface area contributed by atoms with Gasteiger partial charge in [0.1, 0.15) is 0 Å². The molecular weight excluding hydrogens is 228 g/mol. The van der Waals surface area contributed by atoms with Crippen LogP contribution in [-0.2, 0) is 0 Å². The molecular formula is C14H18N2O2. The highest BCUT2D eigenvalue weighted by Gasteiger charge is 2.05. The number of carbonyl (C=O) groups is 1. The van der Waals surface area contributed by atoms with Crippen molar-refractivity contribution in [1.82, 2.24) is 4.90 Å². The molecule has 1 aromatic carbocycles. The fraction of sp³-hybridized carbons (Fsp3) is 0.357. The Morgan fingerprint density at radius 1 is 1.44 bits per heavy atom. The molecule has 0 bridgehead atoms. The van der Waals surface area contributed by atoms with E-state index in [2.05, 4.69) is 17.2 Å². The highest BCUT2D eigenvalue weighted by atomic mass is 16.2. The van der Waals surface area contributed by atoms with Crippen LogP contribution in [-0.4, -0.2) is 36.7 Å². The van der Waals surface area contributed by atoms with Crippen LogP contribution in [0, 0.1) is 18.8 Å². The molecule has 0 saturated heterocycles. The number of aryl methyl sites for hydroxylation is 1. The zero-order valence-corrected chi connectivity index (χ0v) is 10.9. The van der Waals surface area contributed by atoms with Crippen molar-refractivity contribution >= 4 is 11.7 Å². The highest BCUT2D eigenvalue weighted by molar-refractivity contribution is 5.89. The number of aliphatic hydroxyl groups excluding tert-OH is 1. The van der Waals surface area contributed by atoms with Gasteiger partial charge in [-0.05, 0) is 30.7 Å². The van der Waals surface area contributed by atoms with Crippen molar-refractivity contribution in [2.75, 3.05) is 26.0 Å². The number of anilines is 1. The summed E-state index contributed by atoms with van der Waals surface area (Å²) in [5.74, 6) is 5.82. The topological polar surface area (TPSA) is 52.6 Å². The number of amides is 2. The third-order valence-electron chi connectivity index (χ3n) is 2.34. The first-order chi connectivity index (χ1) is 8.54. The number of aliphatic hydroxyl groups is 1. The molecule has 1 aromatic rings. The van der Waals surface area contributed by atoms with Gasteiger partial charge in [0, 0.05) is 31.8 Å². The van der Waals surface area contributed by atoms with Crippen molar-refractivity contribution in [3.63, 3.8) is 0 Å². The van der Waals surface area contributed by atoms with E-state index in [4.69, 9.17) is 5.11 Å². The largest absolute Gasteiger partial charge is 0.395 e. The maximum atomic E-state index is 11.5. The van der Waals surface area contributed by atoms with Gasteiger partial charge in [0.2, 0.25) is 0 Å². The third-order valence-corrected chi connectivity index (χ3v) is 2.34. The zero-order valence-electron chi connectivity index (χ0n) is 10.9. The van der Waals surface area contributed by atoms with Gasteiger partial charge >= 0.3 is 6.03 Å². The lowest BCUT2D eigenvalue weighted by atomic mass is 10.1. The smallest absolute Gasteiger partial charge is 0.321 e. The quantitative estimate of drug-likeness (QED) is 0.782. The van der Waals surface area contributed by atoms with Crippen molar-refractivity contribution in [2.24, 2.45) is 0 Å². The number of hydrogen-bond acceptors (Lipinski definition) is 2. The second kappa shape index (κ2) is 6.67. The Kier molecular flexibility index (Phi) is 5.22. The van der Waals surface area contributed by atoms with E-state index in [9.17, 15) is 4.79 Å². The Hall–Kier alpha value is -1.99. The molecule has 2 amide bonds. The summed E-state index contributed by atoms with van der Waals surface area (Å²) in [7, 11) is 3.39. The van der Waals surface area contributed by atoms with Crippen molar-refractivity contribution < 1.29 is 9.90 Å². The monoisotopic (exact) mass is 246 g/mol. The molecule has 0 aromatic heterocycles. The van der Waals surface area contributed by atoms with Gasteiger partial charge < -0.3 is 15.3 Å². The SMILES string of the molecule is Cc1cc(C#CCCO)ccc1NC(=O)N(C)C. The summed E-state index contributed by atoms with van der Waals surface area (Å²) in [5, 5.41) is 11.4. The van der Waals surface area contributed by atoms with Crippen LogP contribution in [0.15, 0.2) is 18.2 Å². The van der Waals surface area contributed by atoms with Gasteiger partial charge in [0.25, 0.3) is 0 Å². The fourth-order valence-corrected chi connectivity index (χ4v) is 1.33. The molecule has 0 heterocycles. The van der Waals surface area contributed by atoms with Crippen molar-refractivity contribution in [3.8, 4) is 11.8 Å². The lowest BCUT2D eigenvalue weighted by Crippen LogP contribution is -2.27. The average Bonchev–Trinajstić information content (AvgIpc) is 2.32. The zero-order chi connectivity index (χ0) is 13.5. The number of nitrogens with one attached hydrogen (secondary N) is 1. The van der Waals surface area contributed by atoms with Crippen LogP contribution in [0.2, 0.25) is 0 Å². The Morgan fingerprint density at radius 2 is 2.17 bits per heavy atom. The van der Waals surface area contributed by atoms with E-state index in [1.165, 1.54) is 4.90 Å². The maximum absolute atomic E-state index is 11.5. The Morgan fingerprint density at radius 3 is 2.72 bits per heavy atom. The summed E-state index contributed by atoms with van der Waals surface area (Å²) in [6.45, 7) is 1.99. The third kappa shape index (κ3) is 4.11. The summed E-state index contributed by atoms with van der Waals surface area (Å²) in [6, 6.07) is 5.44. The minimum atomic E-state index is -0.155. The van der Waals surface area contributed by atoms with E-state index >= 15 is 0 Å². The molecule has 0 atom stereocenters. The van der Waals surface area contributed by atoms with Crippen LogP contribution >= 0.6 is 0 Å². The van der Waals surface area contributed by atoms with Gasteiger partial charge in [0.05, 0.1) is 6.61 Å².